The second kappa shape index (κ2) is 2.01. The van der Waals surface area contributed by atoms with Gasteiger partial charge in [0.2, 0.25) is 0 Å². The summed E-state index contributed by atoms with van der Waals surface area (Å²) in [5, 5.41) is 0. The predicted octanol–water partition coefficient (Wildman–Crippen LogP) is 0.652. The number of aryl methyl sites for hydroxylation is 2. The molecule has 0 saturated carbocycles. The maximum atomic E-state index is 10.5. The Morgan fingerprint density at radius 2 is 2.22 bits per heavy atom. The van der Waals surface area contributed by atoms with Crippen LogP contribution in [0.3, 0.4) is 0 Å². The topological polar surface area (TPSA) is 43.1 Å². The minimum atomic E-state index is -0.240. The van der Waals surface area contributed by atoms with Crippen LogP contribution in [0.5, 0.6) is 0 Å². The van der Waals surface area contributed by atoms with Crippen molar-refractivity contribution in [2.45, 2.75) is 13.8 Å². The van der Waals surface area contributed by atoms with Crippen molar-refractivity contribution in [1.82, 2.24) is 4.98 Å². The molecule has 9 heavy (non-hydrogen) atoms. The molecule has 1 aromatic heterocycles. The van der Waals surface area contributed by atoms with Crippen LogP contribution in [0.4, 0.5) is 0 Å². The Balaban J connectivity index is 3.33. The molecule has 0 unspecified atom stereocenters. The Hall–Kier alpha value is -1.12. The first-order chi connectivity index (χ1) is 4.18. The van der Waals surface area contributed by atoms with Crippen LogP contribution >= 0.6 is 0 Å². The van der Waals surface area contributed by atoms with Gasteiger partial charge in [0.15, 0.2) is 5.89 Å². The van der Waals surface area contributed by atoms with Crippen molar-refractivity contribution in [3.8, 4) is 0 Å². The maximum Gasteiger partial charge on any atom is 0.276 e. The summed E-state index contributed by atoms with van der Waals surface area (Å²) in [5.41, 5.74) is -0.240. The molecule has 1 heterocycles. The van der Waals surface area contributed by atoms with Crippen LogP contribution in [0.25, 0.3) is 0 Å². The molecular formula is C6H7NO2. The van der Waals surface area contributed by atoms with Gasteiger partial charge in [-0.15, -0.1) is 0 Å². The molecule has 0 aliphatic rings. The largest absolute Gasteiger partial charge is 0.448 e. The fourth-order valence-electron chi connectivity index (χ4n) is 0.647. The van der Waals surface area contributed by atoms with E-state index in [4.69, 9.17) is 4.42 Å². The van der Waals surface area contributed by atoms with Gasteiger partial charge in [-0.05, 0) is 6.92 Å². The molecule has 0 aliphatic heterocycles. The molecule has 3 nitrogen and oxygen atoms in total. The van der Waals surface area contributed by atoms with Crippen LogP contribution in [-0.2, 0) is 0 Å². The Bertz CT molecular complexity index is 241. The van der Waals surface area contributed by atoms with Crippen molar-refractivity contribution in [3.63, 3.8) is 0 Å². The standard InChI is InChI=1S/C6H7NO2/c1-4-3-6(8)7-5(2)9-4/h3H,1-2H3. The zero-order chi connectivity index (χ0) is 6.85. The first-order valence-electron chi connectivity index (χ1n) is 2.64. The summed E-state index contributed by atoms with van der Waals surface area (Å²) < 4.78 is 4.95. The molecule has 3 heteroatoms. The van der Waals surface area contributed by atoms with E-state index < -0.39 is 0 Å². The number of aromatic nitrogens is 1. The normalized spacial score (nSPS) is 9.56. The number of rotatable bonds is 0. The molecule has 0 spiro atoms. The smallest absolute Gasteiger partial charge is 0.276 e. The van der Waals surface area contributed by atoms with Crippen LogP contribution in [0, 0.1) is 13.8 Å². The lowest BCUT2D eigenvalue weighted by Gasteiger charge is -1.90. The van der Waals surface area contributed by atoms with Gasteiger partial charge in [0.25, 0.3) is 5.56 Å². The van der Waals surface area contributed by atoms with Crippen molar-refractivity contribution in [1.29, 1.82) is 0 Å². The van der Waals surface area contributed by atoms with E-state index in [0.717, 1.165) is 0 Å². The van der Waals surface area contributed by atoms with Gasteiger partial charge in [0.05, 0.1) is 0 Å². The third-order valence-electron chi connectivity index (χ3n) is 0.903. The van der Waals surface area contributed by atoms with Crippen molar-refractivity contribution in [3.05, 3.63) is 28.1 Å². The van der Waals surface area contributed by atoms with Gasteiger partial charge in [-0.1, -0.05) is 0 Å². The molecule has 0 N–H and O–H groups in total. The highest BCUT2D eigenvalue weighted by molar-refractivity contribution is 4.92. The molecule has 0 radical (unpaired) electrons. The molecule has 0 atom stereocenters. The van der Waals surface area contributed by atoms with E-state index in [-0.39, 0.29) is 5.56 Å². The Kier molecular flexibility index (Phi) is 1.34. The summed E-state index contributed by atoms with van der Waals surface area (Å²) in [4.78, 5) is 14.1. The Morgan fingerprint density at radius 3 is 2.67 bits per heavy atom. The van der Waals surface area contributed by atoms with Crippen molar-refractivity contribution >= 4 is 0 Å². The quantitative estimate of drug-likeness (QED) is 0.511. The van der Waals surface area contributed by atoms with Gasteiger partial charge in [0, 0.05) is 13.0 Å². The fraction of sp³-hybridized carbons (Fsp3) is 0.333. The molecule has 1 rings (SSSR count). The van der Waals surface area contributed by atoms with Gasteiger partial charge in [-0.3, -0.25) is 4.79 Å². The third-order valence-corrected chi connectivity index (χ3v) is 0.903. The third kappa shape index (κ3) is 1.38. The summed E-state index contributed by atoms with van der Waals surface area (Å²) in [5.74, 6) is 1.02. The highest BCUT2D eigenvalue weighted by atomic mass is 16.3. The van der Waals surface area contributed by atoms with Crippen LogP contribution < -0.4 is 5.56 Å². The highest BCUT2D eigenvalue weighted by Gasteiger charge is 1.91. The highest BCUT2D eigenvalue weighted by Crippen LogP contribution is 1.92. The zero-order valence-corrected chi connectivity index (χ0v) is 5.34. The molecule has 0 saturated heterocycles. The zero-order valence-electron chi connectivity index (χ0n) is 5.34. The summed E-state index contributed by atoms with van der Waals surface area (Å²) in [6.07, 6.45) is 0. The molecule has 48 valence electrons. The van der Waals surface area contributed by atoms with Gasteiger partial charge >= 0.3 is 0 Å². The maximum absolute atomic E-state index is 10.5. The Morgan fingerprint density at radius 1 is 1.56 bits per heavy atom. The SMILES string of the molecule is Cc1cc(=O)nc(C)o1. The van der Waals surface area contributed by atoms with E-state index in [1.807, 2.05) is 0 Å². The van der Waals surface area contributed by atoms with Crippen LogP contribution in [0.15, 0.2) is 15.3 Å². The van der Waals surface area contributed by atoms with E-state index >= 15 is 0 Å². The minimum Gasteiger partial charge on any atom is -0.448 e. The van der Waals surface area contributed by atoms with Crippen LogP contribution in [0.2, 0.25) is 0 Å². The van der Waals surface area contributed by atoms with Crippen LogP contribution in [-0.4, -0.2) is 4.98 Å². The molecular weight excluding hydrogens is 118 g/mol. The predicted molar refractivity (Wildman–Crippen MR) is 32.2 cm³/mol. The average molecular weight is 125 g/mol. The second-order valence-corrected chi connectivity index (χ2v) is 1.83. The summed E-state index contributed by atoms with van der Waals surface area (Å²) in [6.45, 7) is 3.37. The molecule has 0 bridgehead atoms. The Labute approximate surface area is 52.3 Å². The van der Waals surface area contributed by atoms with Crippen molar-refractivity contribution in [2.24, 2.45) is 0 Å². The van der Waals surface area contributed by atoms with Crippen molar-refractivity contribution < 1.29 is 4.42 Å². The lowest BCUT2D eigenvalue weighted by Crippen LogP contribution is -2.05. The van der Waals surface area contributed by atoms with E-state index in [0.29, 0.717) is 11.7 Å². The van der Waals surface area contributed by atoms with Crippen LogP contribution in [0.1, 0.15) is 11.7 Å². The molecule has 0 aliphatic carbocycles. The number of hydrogen-bond acceptors (Lipinski definition) is 3. The first kappa shape index (κ1) is 6.01. The lowest BCUT2D eigenvalue weighted by molar-refractivity contribution is 0.459. The number of hydrogen-bond donors (Lipinski definition) is 0. The van der Waals surface area contributed by atoms with Gasteiger partial charge in [-0.25, -0.2) is 0 Å². The molecule has 0 amide bonds. The molecule has 0 aromatic carbocycles. The van der Waals surface area contributed by atoms with Gasteiger partial charge in [0.1, 0.15) is 5.76 Å². The van der Waals surface area contributed by atoms with Gasteiger partial charge < -0.3 is 4.42 Å². The lowest BCUT2D eigenvalue weighted by atomic mass is 10.5. The van der Waals surface area contributed by atoms with E-state index in [9.17, 15) is 4.79 Å². The molecule has 1 aromatic rings. The first-order valence-corrected chi connectivity index (χ1v) is 2.64. The minimum absolute atomic E-state index is 0.240. The number of nitrogens with zero attached hydrogens (tertiary/aromatic N) is 1. The monoisotopic (exact) mass is 125 g/mol. The van der Waals surface area contributed by atoms with Gasteiger partial charge in [-0.2, -0.15) is 4.98 Å². The van der Waals surface area contributed by atoms with Crippen molar-refractivity contribution in [2.75, 3.05) is 0 Å². The summed E-state index contributed by atoms with van der Waals surface area (Å²) >= 11 is 0. The summed E-state index contributed by atoms with van der Waals surface area (Å²) in [7, 11) is 0. The average Bonchev–Trinajstić information content (AvgIpc) is 1.59. The van der Waals surface area contributed by atoms with E-state index in [1.165, 1.54) is 6.07 Å². The summed E-state index contributed by atoms with van der Waals surface area (Å²) in [6, 6.07) is 1.35. The molecule has 0 fully saturated rings. The van der Waals surface area contributed by atoms with E-state index in [2.05, 4.69) is 4.98 Å². The second-order valence-electron chi connectivity index (χ2n) is 1.83. The van der Waals surface area contributed by atoms with E-state index in [1.54, 1.807) is 13.8 Å². The fourth-order valence-corrected chi connectivity index (χ4v) is 0.647.